The number of hydrogen-bond acceptors (Lipinski definition) is 3. The highest BCUT2D eigenvalue weighted by molar-refractivity contribution is 5.53. The summed E-state index contributed by atoms with van der Waals surface area (Å²) in [6.07, 6.45) is 1.11. The average Bonchev–Trinajstić information content (AvgIpc) is 2.20. The van der Waals surface area contributed by atoms with Crippen molar-refractivity contribution >= 4 is 5.69 Å². The third kappa shape index (κ3) is 1.89. The van der Waals surface area contributed by atoms with Gasteiger partial charge in [-0.25, -0.2) is 5.43 Å². The molecule has 0 fully saturated rings. The summed E-state index contributed by atoms with van der Waals surface area (Å²) in [6.45, 7) is 3.12. The van der Waals surface area contributed by atoms with Crippen LogP contribution in [0.2, 0.25) is 0 Å². The Morgan fingerprint density at radius 1 is 1.29 bits per heavy atom. The van der Waals surface area contributed by atoms with Gasteiger partial charge in [0.2, 0.25) is 0 Å². The molecule has 0 aromatic heterocycles. The Morgan fingerprint density at radius 3 is 3.00 bits per heavy atom. The van der Waals surface area contributed by atoms with Gasteiger partial charge < -0.3 is 10.3 Å². The Hall–Kier alpha value is -1.06. The highest BCUT2D eigenvalue weighted by atomic mass is 15.5. The molecule has 0 radical (unpaired) electrons. The van der Waals surface area contributed by atoms with Gasteiger partial charge >= 0.3 is 0 Å². The van der Waals surface area contributed by atoms with E-state index >= 15 is 0 Å². The van der Waals surface area contributed by atoms with E-state index in [1.807, 2.05) is 7.05 Å². The van der Waals surface area contributed by atoms with E-state index < -0.39 is 0 Å². The van der Waals surface area contributed by atoms with Crippen molar-refractivity contribution in [3.63, 3.8) is 0 Å². The molecule has 0 unspecified atom stereocenters. The SMILES string of the molecule is CNN1CCNCCc2ccccc21. The smallest absolute Gasteiger partial charge is 0.0552 e. The molecule has 0 spiro atoms. The minimum Gasteiger partial charge on any atom is -0.315 e. The second-order valence-corrected chi connectivity index (χ2v) is 3.50. The van der Waals surface area contributed by atoms with Gasteiger partial charge in [-0.15, -0.1) is 0 Å². The van der Waals surface area contributed by atoms with E-state index in [9.17, 15) is 0 Å². The van der Waals surface area contributed by atoms with Crippen LogP contribution < -0.4 is 15.8 Å². The Morgan fingerprint density at radius 2 is 2.14 bits per heavy atom. The van der Waals surface area contributed by atoms with Crippen LogP contribution in [0.5, 0.6) is 0 Å². The molecular weight excluding hydrogens is 174 g/mol. The van der Waals surface area contributed by atoms with E-state index in [4.69, 9.17) is 0 Å². The number of benzene rings is 1. The van der Waals surface area contributed by atoms with Crippen molar-refractivity contribution in [1.82, 2.24) is 10.7 Å². The average molecular weight is 191 g/mol. The first-order valence-corrected chi connectivity index (χ1v) is 5.15. The van der Waals surface area contributed by atoms with Crippen molar-refractivity contribution in [3.05, 3.63) is 29.8 Å². The third-order valence-electron chi connectivity index (χ3n) is 2.64. The normalized spacial score (nSPS) is 17.1. The molecule has 1 aliphatic rings. The lowest BCUT2D eigenvalue weighted by Crippen LogP contribution is -2.42. The standard InChI is InChI=1S/C11H17N3/c1-12-14-9-8-13-7-6-10-4-2-3-5-11(10)14/h2-5,12-13H,6-9H2,1H3. The minimum absolute atomic E-state index is 1.01. The molecule has 0 atom stereocenters. The number of rotatable bonds is 1. The summed E-state index contributed by atoms with van der Waals surface area (Å²) in [7, 11) is 1.97. The van der Waals surface area contributed by atoms with E-state index in [1.54, 1.807) is 0 Å². The van der Waals surface area contributed by atoms with E-state index in [2.05, 4.69) is 40.0 Å². The molecule has 1 heterocycles. The Bertz CT molecular complexity index is 298. The second-order valence-electron chi connectivity index (χ2n) is 3.50. The zero-order valence-electron chi connectivity index (χ0n) is 8.59. The van der Waals surface area contributed by atoms with Gasteiger partial charge in [-0.3, -0.25) is 0 Å². The summed E-state index contributed by atoms with van der Waals surface area (Å²) in [5.41, 5.74) is 5.95. The number of fused-ring (bicyclic) bond motifs is 1. The zero-order valence-corrected chi connectivity index (χ0v) is 8.59. The van der Waals surface area contributed by atoms with Crippen molar-refractivity contribution in [2.24, 2.45) is 0 Å². The van der Waals surface area contributed by atoms with Crippen molar-refractivity contribution in [1.29, 1.82) is 0 Å². The van der Waals surface area contributed by atoms with Gasteiger partial charge in [0.25, 0.3) is 0 Å². The summed E-state index contributed by atoms with van der Waals surface area (Å²) < 4.78 is 0. The van der Waals surface area contributed by atoms with Crippen LogP contribution in [0.25, 0.3) is 0 Å². The summed E-state index contributed by atoms with van der Waals surface area (Å²) in [4.78, 5) is 0. The van der Waals surface area contributed by atoms with Crippen LogP contribution in [0.3, 0.4) is 0 Å². The quantitative estimate of drug-likeness (QED) is 0.686. The van der Waals surface area contributed by atoms with E-state index in [0.717, 1.165) is 26.1 Å². The lowest BCUT2D eigenvalue weighted by molar-refractivity contribution is 0.605. The van der Waals surface area contributed by atoms with Gasteiger partial charge in [0, 0.05) is 20.1 Å². The van der Waals surface area contributed by atoms with Crippen molar-refractivity contribution in [3.8, 4) is 0 Å². The van der Waals surface area contributed by atoms with E-state index in [1.165, 1.54) is 11.3 Å². The zero-order chi connectivity index (χ0) is 9.80. The largest absolute Gasteiger partial charge is 0.315 e. The Labute approximate surface area is 85.1 Å². The molecule has 1 aromatic rings. The second kappa shape index (κ2) is 4.44. The topological polar surface area (TPSA) is 27.3 Å². The Kier molecular flexibility index (Phi) is 3.01. The van der Waals surface area contributed by atoms with Crippen molar-refractivity contribution in [2.75, 3.05) is 31.7 Å². The molecule has 3 nitrogen and oxygen atoms in total. The molecule has 3 heteroatoms. The van der Waals surface area contributed by atoms with Crippen LogP contribution in [0.4, 0.5) is 5.69 Å². The van der Waals surface area contributed by atoms with E-state index in [-0.39, 0.29) is 0 Å². The monoisotopic (exact) mass is 191 g/mol. The predicted octanol–water partition coefficient (Wildman–Crippen LogP) is 0.773. The fraction of sp³-hybridized carbons (Fsp3) is 0.455. The number of anilines is 1. The fourth-order valence-electron chi connectivity index (χ4n) is 1.88. The van der Waals surface area contributed by atoms with Gasteiger partial charge in [-0.1, -0.05) is 18.2 Å². The maximum atomic E-state index is 3.41. The summed E-state index contributed by atoms with van der Waals surface area (Å²) in [6, 6.07) is 8.58. The van der Waals surface area contributed by atoms with Gasteiger partial charge in [0.1, 0.15) is 0 Å². The molecule has 0 saturated carbocycles. The lowest BCUT2D eigenvalue weighted by atomic mass is 10.1. The molecule has 0 amide bonds. The highest BCUT2D eigenvalue weighted by Crippen LogP contribution is 2.19. The number of hydrogen-bond donors (Lipinski definition) is 2. The lowest BCUT2D eigenvalue weighted by Gasteiger charge is -2.28. The number of para-hydroxylation sites is 1. The predicted molar refractivity (Wildman–Crippen MR) is 59.4 cm³/mol. The molecule has 1 aromatic carbocycles. The van der Waals surface area contributed by atoms with E-state index in [0.29, 0.717) is 0 Å². The van der Waals surface area contributed by atoms with Crippen LogP contribution in [0.15, 0.2) is 24.3 Å². The van der Waals surface area contributed by atoms with Crippen LogP contribution in [0.1, 0.15) is 5.56 Å². The first kappa shape index (κ1) is 9.49. The molecule has 0 bridgehead atoms. The molecule has 14 heavy (non-hydrogen) atoms. The van der Waals surface area contributed by atoms with Crippen LogP contribution in [0, 0.1) is 0 Å². The molecule has 0 aliphatic carbocycles. The Balaban J connectivity index is 2.31. The van der Waals surface area contributed by atoms with Crippen molar-refractivity contribution < 1.29 is 0 Å². The number of nitrogens with one attached hydrogen (secondary N) is 2. The molecule has 0 saturated heterocycles. The minimum atomic E-state index is 1.01. The molecule has 2 rings (SSSR count). The third-order valence-corrected chi connectivity index (χ3v) is 2.64. The maximum Gasteiger partial charge on any atom is 0.0552 e. The molecule has 2 N–H and O–H groups in total. The molecular formula is C11H17N3. The summed E-state index contributed by atoms with van der Waals surface area (Å²) in [5, 5.41) is 5.61. The van der Waals surface area contributed by atoms with Crippen LogP contribution in [-0.4, -0.2) is 26.7 Å². The molecule has 76 valence electrons. The molecule has 1 aliphatic heterocycles. The van der Waals surface area contributed by atoms with Crippen LogP contribution in [-0.2, 0) is 6.42 Å². The van der Waals surface area contributed by atoms with Crippen molar-refractivity contribution in [2.45, 2.75) is 6.42 Å². The van der Waals surface area contributed by atoms with Gasteiger partial charge in [0.15, 0.2) is 0 Å². The fourth-order valence-corrected chi connectivity index (χ4v) is 1.88. The number of hydrazine groups is 1. The number of nitrogens with zero attached hydrogens (tertiary/aromatic N) is 1. The first-order valence-electron chi connectivity index (χ1n) is 5.15. The summed E-state index contributed by atoms with van der Waals surface area (Å²) >= 11 is 0. The maximum absolute atomic E-state index is 3.41. The highest BCUT2D eigenvalue weighted by Gasteiger charge is 2.10. The van der Waals surface area contributed by atoms with Crippen LogP contribution >= 0.6 is 0 Å². The first-order chi connectivity index (χ1) is 6.92. The van der Waals surface area contributed by atoms with Gasteiger partial charge in [-0.2, -0.15) is 0 Å². The van der Waals surface area contributed by atoms with Gasteiger partial charge in [-0.05, 0) is 24.6 Å². The van der Waals surface area contributed by atoms with Gasteiger partial charge in [0.05, 0.1) is 5.69 Å². The summed E-state index contributed by atoms with van der Waals surface area (Å²) in [5.74, 6) is 0.